The highest BCUT2D eigenvalue weighted by Crippen LogP contribution is 2.38. The van der Waals surface area contributed by atoms with Crippen molar-refractivity contribution in [1.29, 1.82) is 0 Å². The minimum Gasteiger partial charge on any atom is -0.393 e. The standard InChI is InChI=1S/C16H27NO2/c18-15-10-13-8-9-14(11-15)17(13)16(19)12-6-4-2-1-3-5-7-12/h12-15,18H,1-11H2. The SMILES string of the molecule is O=C(C1CCCCCCC1)N1C2CCC1CC(O)C2. The van der Waals surface area contributed by atoms with Gasteiger partial charge >= 0.3 is 0 Å². The number of nitrogens with zero attached hydrogens (tertiary/aromatic N) is 1. The van der Waals surface area contributed by atoms with Gasteiger partial charge in [-0.3, -0.25) is 4.79 Å². The van der Waals surface area contributed by atoms with Crippen molar-refractivity contribution in [3.63, 3.8) is 0 Å². The fourth-order valence-corrected chi connectivity index (χ4v) is 4.42. The van der Waals surface area contributed by atoms with E-state index in [2.05, 4.69) is 4.90 Å². The molecule has 108 valence electrons. The Morgan fingerprint density at radius 1 is 0.842 bits per heavy atom. The zero-order valence-corrected chi connectivity index (χ0v) is 11.9. The number of rotatable bonds is 1. The third kappa shape index (κ3) is 2.81. The maximum absolute atomic E-state index is 12.8. The smallest absolute Gasteiger partial charge is 0.226 e. The lowest BCUT2D eigenvalue weighted by Crippen LogP contribution is -2.50. The molecule has 3 fully saturated rings. The molecule has 2 heterocycles. The number of carbonyl (C=O) groups is 1. The predicted molar refractivity (Wildman–Crippen MR) is 74.7 cm³/mol. The molecule has 2 aliphatic heterocycles. The molecule has 2 atom stereocenters. The number of aliphatic hydroxyl groups is 1. The van der Waals surface area contributed by atoms with Gasteiger partial charge in [-0.25, -0.2) is 0 Å². The van der Waals surface area contributed by atoms with Crippen LogP contribution in [0.4, 0.5) is 0 Å². The largest absolute Gasteiger partial charge is 0.393 e. The maximum atomic E-state index is 12.8. The highest BCUT2D eigenvalue weighted by molar-refractivity contribution is 5.80. The van der Waals surface area contributed by atoms with Crippen molar-refractivity contribution < 1.29 is 9.90 Å². The van der Waals surface area contributed by atoms with E-state index < -0.39 is 0 Å². The lowest BCUT2D eigenvalue weighted by molar-refractivity contribution is -0.142. The molecule has 2 bridgehead atoms. The summed E-state index contributed by atoms with van der Waals surface area (Å²) in [6.45, 7) is 0. The van der Waals surface area contributed by atoms with Crippen LogP contribution in [-0.2, 0) is 4.79 Å². The van der Waals surface area contributed by atoms with Crippen LogP contribution in [-0.4, -0.2) is 34.1 Å². The first kappa shape index (κ1) is 13.4. The molecule has 0 aromatic carbocycles. The Morgan fingerprint density at radius 2 is 1.37 bits per heavy atom. The number of piperidine rings is 1. The first-order valence-electron chi connectivity index (χ1n) is 8.26. The third-order valence-electron chi connectivity index (χ3n) is 5.42. The molecule has 2 unspecified atom stereocenters. The fourth-order valence-electron chi connectivity index (χ4n) is 4.42. The number of hydrogen-bond donors (Lipinski definition) is 1. The van der Waals surface area contributed by atoms with Crippen LogP contribution in [0, 0.1) is 5.92 Å². The molecule has 1 amide bonds. The van der Waals surface area contributed by atoms with E-state index in [-0.39, 0.29) is 12.0 Å². The molecule has 1 N–H and O–H groups in total. The molecule has 19 heavy (non-hydrogen) atoms. The van der Waals surface area contributed by atoms with Crippen molar-refractivity contribution in [1.82, 2.24) is 4.90 Å². The van der Waals surface area contributed by atoms with E-state index >= 15 is 0 Å². The van der Waals surface area contributed by atoms with Crippen LogP contribution >= 0.6 is 0 Å². The van der Waals surface area contributed by atoms with Gasteiger partial charge in [0.2, 0.25) is 5.91 Å². The van der Waals surface area contributed by atoms with Crippen LogP contribution in [0.15, 0.2) is 0 Å². The van der Waals surface area contributed by atoms with Crippen molar-refractivity contribution in [2.24, 2.45) is 5.92 Å². The average Bonchev–Trinajstić information content (AvgIpc) is 2.60. The van der Waals surface area contributed by atoms with Gasteiger partial charge in [-0.1, -0.05) is 32.1 Å². The fraction of sp³-hybridized carbons (Fsp3) is 0.938. The summed E-state index contributed by atoms with van der Waals surface area (Å²) in [5.41, 5.74) is 0. The monoisotopic (exact) mass is 265 g/mol. The minimum absolute atomic E-state index is 0.168. The molecule has 3 heteroatoms. The van der Waals surface area contributed by atoms with Crippen LogP contribution < -0.4 is 0 Å². The molecule has 0 aromatic rings. The van der Waals surface area contributed by atoms with Gasteiger partial charge in [-0.15, -0.1) is 0 Å². The van der Waals surface area contributed by atoms with E-state index in [0.717, 1.165) is 38.5 Å². The Hall–Kier alpha value is -0.570. The number of carbonyl (C=O) groups excluding carboxylic acids is 1. The Balaban J connectivity index is 1.66. The zero-order chi connectivity index (χ0) is 13.2. The van der Waals surface area contributed by atoms with Crippen molar-refractivity contribution in [3.8, 4) is 0 Å². The highest BCUT2D eigenvalue weighted by Gasteiger charge is 2.44. The Bertz CT molecular complexity index is 309. The third-order valence-corrected chi connectivity index (χ3v) is 5.42. The van der Waals surface area contributed by atoms with Crippen LogP contribution in [0.2, 0.25) is 0 Å². The summed E-state index contributed by atoms with van der Waals surface area (Å²) in [6.07, 6.45) is 12.3. The van der Waals surface area contributed by atoms with Crippen molar-refractivity contribution in [3.05, 3.63) is 0 Å². The molecule has 0 spiro atoms. The molecule has 1 saturated carbocycles. The second kappa shape index (κ2) is 5.82. The van der Waals surface area contributed by atoms with E-state index in [0.29, 0.717) is 18.0 Å². The Kier molecular flexibility index (Phi) is 4.11. The quantitative estimate of drug-likeness (QED) is 0.792. The Morgan fingerprint density at radius 3 is 1.95 bits per heavy atom. The summed E-state index contributed by atoms with van der Waals surface area (Å²) in [5.74, 6) is 0.694. The number of hydrogen-bond acceptors (Lipinski definition) is 2. The van der Waals surface area contributed by atoms with Crippen molar-refractivity contribution >= 4 is 5.91 Å². The number of fused-ring (bicyclic) bond motifs is 2. The van der Waals surface area contributed by atoms with Gasteiger partial charge < -0.3 is 10.0 Å². The summed E-state index contributed by atoms with van der Waals surface area (Å²) in [7, 11) is 0. The van der Waals surface area contributed by atoms with E-state index in [4.69, 9.17) is 0 Å². The molecular formula is C16H27NO2. The predicted octanol–water partition coefficient (Wildman–Crippen LogP) is 2.86. The highest BCUT2D eigenvalue weighted by atomic mass is 16.3. The van der Waals surface area contributed by atoms with Crippen molar-refractivity contribution in [2.45, 2.75) is 88.8 Å². The Labute approximate surface area is 116 Å². The normalized spacial score (nSPS) is 36.9. The van der Waals surface area contributed by atoms with Gasteiger partial charge in [0.25, 0.3) is 0 Å². The average molecular weight is 265 g/mol. The summed E-state index contributed by atoms with van der Waals surface area (Å²) < 4.78 is 0. The summed E-state index contributed by atoms with van der Waals surface area (Å²) >= 11 is 0. The minimum atomic E-state index is -0.168. The molecule has 0 aromatic heterocycles. The molecule has 0 radical (unpaired) electrons. The topological polar surface area (TPSA) is 40.5 Å². The lowest BCUT2D eigenvalue weighted by atomic mass is 9.88. The second-order valence-electron chi connectivity index (χ2n) is 6.80. The van der Waals surface area contributed by atoms with Crippen LogP contribution in [0.25, 0.3) is 0 Å². The number of amides is 1. The van der Waals surface area contributed by atoms with Gasteiger partial charge in [-0.2, -0.15) is 0 Å². The first-order chi connectivity index (χ1) is 9.25. The van der Waals surface area contributed by atoms with Gasteiger partial charge in [-0.05, 0) is 38.5 Å². The van der Waals surface area contributed by atoms with E-state index in [1.165, 1.54) is 32.1 Å². The molecule has 3 nitrogen and oxygen atoms in total. The van der Waals surface area contributed by atoms with Gasteiger partial charge in [0.05, 0.1) is 6.10 Å². The van der Waals surface area contributed by atoms with E-state index in [1.54, 1.807) is 0 Å². The molecule has 2 saturated heterocycles. The first-order valence-corrected chi connectivity index (χ1v) is 8.26. The summed E-state index contributed by atoms with van der Waals surface area (Å²) in [6, 6.07) is 0.679. The van der Waals surface area contributed by atoms with Crippen LogP contribution in [0.3, 0.4) is 0 Å². The maximum Gasteiger partial charge on any atom is 0.226 e. The van der Waals surface area contributed by atoms with Gasteiger partial charge in [0.15, 0.2) is 0 Å². The lowest BCUT2D eigenvalue weighted by Gasteiger charge is -2.39. The molecule has 3 aliphatic rings. The number of aliphatic hydroxyl groups excluding tert-OH is 1. The zero-order valence-electron chi connectivity index (χ0n) is 11.9. The molecular weight excluding hydrogens is 238 g/mol. The summed E-state index contributed by atoms with van der Waals surface area (Å²) in [5, 5.41) is 9.84. The van der Waals surface area contributed by atoms with Crippen LogP contribution in [0.1, 0.15) is 70.6 Å². The van der Waals surface area contributed by atoms with E-state index in [9.17, 15) is 9.90 Å². The molecule has 1 aliphatic carbocycles. The molecule has 3 rings (SSSR count). The van der Waals surface area contributed by atoms with Gasteiger partial charge in [0, 0.05) is 18.0 Å². The van der Waals surface area contributed by atoms with Crippen LogP contribution in [0.5, 0.6) is 0 Å². The second-order valence-corrected chi connectivity index (χ2v) is 6.80. The van der Waals surface area contributed by atoms with Gasteiger partial charge in [0.1, 0.15) is 0 Å². The van der Waals surface area contributed by atoms with Crippen molar-refractivity contribution in [2.75, 3.05) is 0 Å². The summed E-state index contributed by atoms with van der Waals surface area (Å²) in [4.78, 5) is 15.0. The van der Waals surface area contributed by atoms with E-state index in [1.807, 2.05) is 0 Å².